The predicted octanol–water partition coefficient (Wildman–Crippen LogP) is 5.15. The Balaban J connectivity index is 2.11. The van der Waals surface area contributed by atoms with Crippen LogP contribution in [0.4, 0.5) is 4.39 Å². The molecule has 0 heterocycles. The Morgan fingerprint density at radius 2 is 1.67 bits per heavy atom. The molecule has 0 radical (unpaired) electrons. The average molecular weight is 495 g/mol. The largest absolute Gasteiger partial charge is 0.352 e. The fourth-order valence-corrected chi connectivity index (χ4v) is 4.14. The maximum atomic E-state index is 13.3. The van der Waals surface area contributed by atoms with Crippen molar-refractivity contribution in [2.24, 2.45) is 0 Å². The maximum Gasteiger partial charge on any atom is 0.243 e. The average Bonchev–Trinajstić information content (AvgIpc) is 2.70. The number of benzene rings is 2. The minimum Gasteiger partial charge on any atom is -0.352 e. The molecule has 30 heavy (non-hydrogen) atoms. The second kappa shape index (κ2) is 12.1. The highest BCUT2D eigenvalue weighted by atomic mass is 79.9. The second-order valence-electron chi connectivity index (χ2n) is 7.35. The zero-order valence-corrected chi connectivity index (χ0v) is 19.9. The van der Waals surface area contributed by atoms with Crippen molar-refractivity contribution in [2.75, 3.05) is 5.75 Å². The van der Waals surface area contributed by atoms with E-state index in [1.54, 1.807) is 17.0 Å². The Labute approximate surface area is 190 Å². The first-order valence-corrected chi connectivity index (χ1v) is 11.9. The van der Waals surface area contributed by atoms with Gasteiger partial charge in [0.05, 0.1) is 5.75 Å². The van der Waals surface area contributed by atoms with Gasteiger partial charge in [-0.1, -0.05) is 47.1 Å². The van der Waals surface area contributed by atoms with Gasteiger partial charge in [-0.05, 0) is 55.7 Å². The van der Waals surface area contributed by atoms with E-state index in [1.165, 1.54) is 23.9 Å². The van der Waals surface area contributed by atoms with Crippen molar-refractivity contribution in [1.29, 1.82) is 0 Å². The van der Waals surface area contributed by atoms with Crippen LogP contribution in [0.1, 0.15) is 38.3 Å². The van der Waals surface area contributed by atoms with Gasteiger partial charge in [0.25, 0.3) is 0 Å². The minimum atomic E-state index is -0.571. The summed E-state index contributed by atoms with van der Waals surface area (Å²) in [5.74, 6) is 0.375. The molecule has 1 unspecified atom stereocenters. The highest BCUT2D eigenvalue weighted by Crippen LogP contribution is 2.19. The molecule has 0 aromatic heterocycles. The van der Waals surface area contributed by atoms with Crippen LogP contribution in [0.15, 0.2) is 53.0 Å². The van der Waals surface area contributed by atoms with Crippen LogP contribution < -0.4 is 5.32 Å². The second-order valence-corrected chi connectivity index (χ2v) is 9.26. The molecule has 0 bridgehead atoms. The number of hydrogen-bond acceptors (Lipinski definition) is 3. The molecule has 4 nitrogen and oxygen atoms in total. The molecule has 0 saturated heterocycles. The third-order valence-corrected chi connectivity index (χ3v) is 6.01. The summed E-state index contributed by atoms with van der Waals surface area (Å²) in [4.78, 5) is 27.4. The molecule has 0 fully saturated rings. The van der Waals surface area contributed by atoms with Gasteiger partial charge in [-0.15, -0.1) is 11.8 Å². The summed E-state index contributed by atoms with van der Waals surface area (Å²) < 4.78 is 14.3. The molecule has 2 rings (SSSR count). The SMILES string of the molecule is CCC(C(=O)NC(C)C)N(Cc1ccc(F)cc1)C(=O)CSCc1ccc(Br)cc1. The molecule has 2 aromatic rings. The molecule has 2 aromatic carbocycles. The third-order valence-electron chi connectivity index (χ3n) is 4.49. The summed E-state index contributed by atoms with van der Waals surface area (Å²) in [5, 5.41) is 2.91. The van der Waals surface area contributed by atoms with Crippen LogP contribution in [0.3, 0.4) is 0 Å². The van der Waals surface area contributed by atoms with Crippen LogP contribution in [-0.2, 0) is 21.9 Å². The highest BCUT2D eigenvalue weighted by molar-refractivity contribution is 9.10. The van der Waals surface area contributed by atoms with Gasteiger partial charge in [0.15, 0.2) is 0 Å². The molecule has 1 atom stereocenters. The van der Waals surface area contributed by atoms with E-state index in [-0.39, 0.29) is 36.0 Å². The van der Waals surface area contributed by atoms with E-state index in [2.05, 4.69) is 21.2 Å². The summed E-state index contributed by atoms with van der Waals surface area (Å²) in [6, 6.07) is 13.4. The number of nitrogens with zero attached hydrogens (tertiary/aromatic N) is 1. The number of hydrogen-bond donors (Lipinski definition) is 1. The van der Waals surface area contributed by atoms with Crippen molar-refractivity contribution in [3.63, 3.8) is 0 Å². The lowest BCUT2D eigenvalue weighted by Gasteiger charge is -2.31. The minimum absolute atomic E-state index is 0.0129. The van der Waals surface area contributed by atoms with Crippen LogP contribution in [0.25, 0.3) is 0 Å². The Bertz CT molecular complexity index is 828. The van der Waals surface area contributed by atoms with E-state index in [9.17, 15) is 14.0 Å². The van der Waals surface area contributed by atoms with Crippen molar-refractivity contribution in [3.05, 3.63) is 69.9 Å². The number of carbonyl (C=O) groups is 2. The quantitative estimate of drug-likeness (QED) is 0.496. The van der Waals surface area contributed by atoms with E-state index < -0.39 is 6.04 Å². The number of halogens is 2. The van der Waals surface area contributed by atoms with Gasteiger partial charge >= 0.3 is 0 Å². The van der Waals surface area contributed by atoms with Crippen molar-refractivity contribution in [2.45, 2.75) is 51.6 Å². The number of nitrogens with one attached hydrogen (secondary N) is 1. The molecule has 2 amide bonds. The highest BCUT2D eigenvalue weighted by Gasteiger charge is 2.28. The molecule has 0 aliphatic rings. The van der Waals surface area contributed by atoms with Crippen molar-refractivity contribution < 1.29 is 14.0 Å². The first kappa shape index (κ1) is 24.4. The van der Waals surface area contributed by atoms with E-state index >= 15 is 0 Å². The molecular weight excluding hydrogens is 467 g/mol. The van der Waals surface area contributed by atoms with Crippen LogP contribution in [-0.4, -0.2) is 34.6 Å². The molecule has 1 N–H and O–H groups in total. The normalized spacial score (nSPS) is 11.9. The Kier molecular flexibility index (Phi) is 9.85. The number of carbonyl (C=O) groups excluding carboxylic acids is 2. The lowest BCUT2D eigenvalue weighted by molar-refractivity contribution is -0.139. The summed E-state index contributed by atoms with van der Waals surface area (Å²) in [7, 11) is 0. The fourth-order valence-electron chi connectivity index (χ4n) is 3.01. The monoisotopic (exact) mass is 494 g/mol. The first-order valence-electron chi connectivity index (χ1n) is 9.96. The van der Waals surface area contributed by atoms with Gasteiger partial charge in [0.2, 0.25) is 11.8 Å². The van der Waals surface area contributed by atoms with Gasteiger partial charge in [-0.25, -0.2) is 4.39 Å². The third kappa shape index (κ3) is 7.76. The van der Waals surface area contributed by atoms with Gasteiger partial charge in [-0.2, -0.15) is 0 Å². The Morgan fingerprint density at radius 3 is 2.23 bits per heavy atom. The van der Waals surface area contributed by atoms with E-state index in [0.29, 0.717) is 12.2 Å². The number of amides is 2. The zero-order valence-electron chi connectivity index (χ0n) is 17.5. The lowest BCUT2D eigenvalue weighted by atomic mass is 10.1. The summed E-state index contributed by atoms with van der Waals surface area (Å²) in [6.07, 6.45) is 0.503. The maximum absolute atomic E-state index is 13.3. The van der Waals surface area contributed by atoms with E-state index in [4.69, 9.17) is 0 Å². The Morgan fingerprint density at radius 1 is 1.07 bits per heavy atom. The standard InChI is InChI=1S/C23H28BrFN2O2S/c1-4-21(23(29)26-16(2)3)27(13-17-7-11-20(25)12-8-17)22(28)15-30-14-18-5-9-19(24)10-6-18/h5-12,16,21H,4,13-15H2,1-3H3,(H,26,29). The number of rotatable bonds is 10. The van der Waals surface area contributed by atoms with E-state index in [1.807, 2.05) is 45.0 Å². The molecule has 0 saturated carbocycles. The molecule has 0 aliphatic heterocycles. The van der Waals surface area contributed by atoms with Gasteiger partial charge in [-0.3, -0.25) is 9.59 Å². The topological polar surface area (TPSA) is 49.4 Å². The van der Waals surface area contributed by atoms with E-state index in [0.717, 1.165) is 15.6 Å². The fraction of sp³-hybridized carbons (Fsp3) is 0.391. The Hall–Kier alpha value is -1.86. The van der Waals surface area contributed by atoms with Crippen molar-refractivity contribution >= 4 is 39.5 Å². The zero-order chi connectivity index (χ0) is 22.1. The first-order chi connectivity index (χ1) is 14.3. The van der Waals surface area contributed by atoms with Crippen LogP contribution in [0.2, 0.25) is 0 Å². The molecule has 0 spiro atoms. The lowest BCUT2D eigenvalue weighted by Crippen LogP contribution is -2.50. The smallest absolute Gasteiger partial charge is 0.243 e. The molecule has 162 valence electrons. The number of thioether (sulfide) groups is 1. The summed E-state index contributed by atoms with van der Waals surface area (Å²) >= 11 is 4.93. The van der Waals surface area contributed by atoms with Gasteiger partial charge < -0.3 is 10.2 Å². The van der Waals surface area contributed by atoms with Crippen LogP contribution in [0.5, 0.6) is 0 Å². The van der Waals surface area contributed by atoms with Gasteiger partial charge in [0.1, 0.15) is 11.9 Å². The van der Waals surface area contributed by atoms with Crippen molar-refractivity contribution in [3.8, 4) is 0 Å². The summed E-state index contributed by atoms with van der Waals surface area (Å²) in [6.45, 7) is 5.95. The van der Waals surface area contributed by atoms with Crippen molar-refractivity contribution in [1.82, 2.24) is 10.2 Å². The molecular formula is C23H28BrFN2O2S. The molecule has 0 aliphatic carbocycles. The van der Waals surface area contributed by atoms with Crippen LogP contribution in [0, 0.1) is 5.82 Å². The van der Waals surface area contributed by atoms with Crippen LogP contribution >= 0.6 is 27.7 Å². The predicted molar refractivity (Wildman–Crippen MR) is 125 cm³/mol. The molecule has 7 heteroatoms. The van der Waals surface area contributed by atoms with Gasteiger partial charge in [0, 0.05) is 22.8 Å². The summed E-state index contributed by atoms with van der Waals surface area (Å²) in [5.41, 5.74) is 1.92.